The molecule has 132 valence electrons. The van der Waals surface area contributed by atoms with Gasteiger partial charge in [0.15, 0.2) is 17.3 Å². The molecular formula is C18H19FN2O4. The zero-order valence-electron chi connectivity index (χ0n) is 13.9. The largest absolute Gasteiger partial charge is 0.494 e. The summed E-state index contributed by atoms with van der Waals surface area (Å²) in [5, 5.41) is 2.43. The van der Waals surface area contributed by atoms with Crippen molar-refractivity contribution in [3.05, 3.63) is 59.4 Å². The highest BCUT2D eigenvalue weighted by Gasteiger charge is 2.22. The number of nitrogen functional groups attached to an aromatic ring is 1. The Labute approximate surface area is 144 Å². The number of carbonyl (C=O) groups excluding carboxylic acids is 2. The van der Waals surface area contributed by atoms with E-state index in [1.165, 1.54) is 20.1 Å². The van der Waals surface area contributed by atoms with Crippen LogP contribution in [0.15, 0.2) is 42.5 Å². The van der Waals surface area contributed by atoms with E-state index in [0.29, 0.717) is 0 Å². The molecule has 7 heteroatoms. The molecule has 0 unspecified atom stereocenters. The number of nitrogens with two attached hydrogens (primary N) is 1. The third-order valence-corrected chi connectivity index (χ3v) is 3.53. The Hall–Kier alpha value is -3.09. The molecule has 0 aromatic heterocycles. The lowest BCUT2D eigenvalue weighted by Crippen LogP contribution is -2.39. The molecule has 0 fully saturated rings. The summed E-state index contributed by atoms with van der Waals surface area (Å²) < 4.78 is 23.5. The van der Waals surface area contributed by atoms with Crippen LogP contribution in [0, 0.1) is 5.82 Å². The van der Waals surface area contributed by atoms with Gasteiger partial charge in [-0.1, -0.05) is 30.3 Å². The normalized spacial score (nSPS) is 11.5. The minimum absolute atomic E-state index is 0.0328. The van der Waals surface area contributed by atoms with Crippen LogP contribution in [0.3, 0.4) is 0 Å². The molecule has 0 aliphatic carbocycles. The number of carbonyl (C=O) groups is 2. The van der Waals surface area contributed by atoms with Gasteiger partial charge in [-0.25, -0.2) is 9.18 Å². The smallest absolute Gasteiger partial charge is 0.408 e. The highest BCUT2D eigenvalue weighted by Crippen LogP contribution is 2.25. The second kappa shape index (κ2) is 8.14. The van der Waals surface area contributed by atoms with Gasteiger partial charge in [0.2, 0.25) is 0 Å². The fraction of sp³-hybridized carbons (Fsp3) is 0.222. The van der Waals surface area contributed by atoms with Crippen LogP contribution in [-0.4, -0.2) is 25.0 Å². The molecule has 1 amide bonds. The summed E-state index contributed by atoms with van der Waals surface area (Å²) in [6.07, 6.45) is -0.739. The maximum atomic E-state index is 13.6. The third-order valence-electron chi connectivity index (χ3n) is 3.53. The first-order valence-corrected chi connectivity index (χ1v) is 7.56. The van der Waals surface area contributed by atoms with Crippen LogP contribution in [0.1, 0.15) is 22.8 Å². The van der Waals surface area contributed by atoms with Crippen molar-refractivity contribution in [2.75, 3.05) is 12.8 Å². The maximum absolute atomic E-state index is 13.6. The maximum Gasteiger partial charge on any atom is 0.408 e. The number of hydrogen-bond acceptors (Lipinski definition) is 5. The van der Waals surface area contributed by atoms with Crippen molar-refractivity contribution >= 4 is 17.6 Å². The van der Waals surface area contributed by atoms with Crippen molar-refractivity contribution in [3.8, 4) is 5.75 Å². The monoisotopic (exact) mass is 346 g/mol. The van der Waals surface area contributed by atoms with Crippen molar-refractivity contribution in [1.29, 1.82) is 0 Å². The van der Waals surface area contributed by atoms with Crippen LogP contribution in [0.5, 0.6) is 5.75 Å². The van der Waals surface area contributed by atoms with Crippen molar-refractivity contribution in [1.82, 2.24) is 5.32 Å². The first kappa shape index (κ1) is 18.3. The Morgan fingerprint density at radius 3 is 2.56 bits per heavy atom. The van der Waals surface area contributed by atoms with Crippen molar-refractivity contribution in [3.63, 3.8) is 0 Å². The van der Waals surface area contributed by atoms with Crippen LogP contribution < -0.4 is 15.8 Å². The average Bonchev–Trinajstić information content (AvgIpc) is 2.60. The second-order valence-electron chi connectivity index (χ2n) is 5.37. The number of ketones is 1. The number of benzene rings is 2. The third kappa shape index (κ3) is 4.69. The van der Waals surface area contributed by atoms with Gasteiger partial charge < -0.3 is 20.5 Å². The summed E-state index contributed by atoms with van der Waals surface area (Å²) in [7, 11) is 1.28. The summed E-state index contributed by atoms with van der Waals surface area (Å²) in [5.41, 5.74) is 6.54. The lowest BCUT2D eigenvalue weighted by molar-refractivity contribution is 0.0927. The van der Waals surface area contributed by atoms with E-state index in [2.05, 4.69) is 5.32 Å². The highest BCUT2D eigenvalue weighted by molar-refractivity contribution is 6.05. The molecule has 25 heavy (non-hydrogen) atoms. The van der Waals surface area contributed by atoms with Crippen molar-refractivity contribution in [2.45, 2.75) is 19.6 Å². The van der Waals surface area contributed by atoms with Gasteiger partial charge in [-0.05, 0) is 18.6 Å². The molecular weight excluding hydrogens is 327 g/mol. The van der Waals surface area contributed by atoms with E-state index in [1.807, 2.05) is 30.3 Å². The number of methoxy groups -OCH3 is 1. The van der Waals surface area contributed by atoms with Gasteiger partial charge in [-0.15, -0.1) is 0 Å². The van der Waals surface area contributed by atoms with Crippen LogP contribution in [-0.2, 0) is 11.3 Å². The van der Waals surface area contributed by atoms with Crippen LogP contribution in [0.25, 0.3) is 0 Å². The average molecular weight is 346 g/mol. The number of rotatable bonds is 6. The Kier molecular flexibility index (Phi) is 5.94. The Balaban J connectivity index is 1.99. The molecule has 2 aromatic carbocycles. The van der Waals surface area contributed by atoms with Gasteiger partial charge >= 0.3 is 6.09 Å². The summed E-state index contributed by atoms with van der Waals surface area (Å²) in [4.78, 5) is 24.2. The molecule has 0 bridgehead atoms. The van der Waals surface area contributed by atoms with Gasteiger partial charge in [-0.2, -0.15) is 0 Å². The molecule has 2 aromatic rings. The predicted molar refractivity (Wildman–Crippen MR) is 90.9 cm³/mol. The number of halogens is 1. The second-order valence-corrected chi connectivity index (χ2v) is 5.37. The molecule has 0 saturated carbocycles. The fourth-order valence-electron chi connectivity index (χ4n) is 2.18. The van der Waals surface area contributed by atoms with Gasteiger partial charge in [-0.3, -0.25) is 4.79 Å². The lowest BCUT2D eigenvalue weighted by atomic mass is 10.0. The van der Waals surface area contributed by atoms with Crippen molar-refractivity contribution in [2.24, 2.45) is 0 Å². The molecule has 6 nitrogen and oxygen atoms in total. The molecule has 0 aliphatic heterocycles. The molecule has 3 N–H and O–H groups in total. The molecule has 0 heterocycles. The molecule has 1 atom stereocenters. The van der Waals surface area contributed by atoms with Gasteiger partial charge in [0.05, 0.1) is 13.2 Å². The van der Waals surface area contributed by atoms with Crippen LogP contribution >= 0.6 is 0 Å². The van der Waals surface area contributed by atoms with E-state index >= 15 is 0 Å². The SMILES string of the molecule is COc1cc(C(=O)[C@H](C)NC(=O)OCc2ccccc2)c(N)cc1F. The summed E-state index contributed by atoms with van der Waals surface area (Å²) in [6.45, 7) is 1.57. The number of hydrogen-bond donors (Lipinski definition) is 2. The molecule has 0 spiro atoms. The van der Waals surface area contributed by atoms with E-state index in [4.69, 9.17) is 15.2 Å². The number of ether oxygens (including phenoxy) is 2. The lowest BCUT2D eigenvalue weighted by Gasteiger charge is -2.15. The minimum Gasteiger partial charge on any atom is -0.494 e. The quantitative estimate of drug-likeness (QED) is 0.620. The Morgan fingerprint density at radius 1 is 1.24 bits per heavy atom. The predicted octanol–water partition coefficient (Wildman–Crippen LogP) is 2.91. The van der Waals surface area contributed by atoms with E-state index in [0.717, 1.165) is 11.6 Å². The molecule has 2 rings (SSSR count). The highest BCUT2D eigenvalue weighted by atomic mass is 19.1. The summed E-state index contributed by atoms with van der Waals surface area (Å²) in [6, 6.07) is 10.4. The minimum atomic E-state index is -0.902. The van der Waals surface area contributed by atoms with Crippen molar-refractivity contribution < 1.29 is 23.5 Å². The van der Waals surface area contributed by atoms with E-state index < -0.39 is 23.7 Å². The zero-order valence-corrected chi connectivity index (χ0v) is 13.9. The van der Waals surface area contributed by atoms with Gasteiger partial charge in [0, 0.05) is 17.3 Å². The zero-order chi connectivity index (χ0) is 18.4. The first-order valence-electron chi connectivity index (χ1n) is 7.56. The molecule has 0 saturated heterocycles. The number of amides is 1. The number of anilines is 1. The summed E-state index contributed by atoms with van der Waals surface area (Å²) >= 11 is 0. The number of alkyl carbamates (subject to hydrolysis) is 1. The molecule has 0 aliphatic rings. The fourth-order valence-corrected chi connectivity index (χ4v) is 2.18. The first-order chi connectivity index (χ1) is 11.9. The van der Waals surface area contributed by atoms with Crippen LogP contribution in [0.4, 0.5) is 14.9 Å². The summed E-state index contributed by atoms with van der Waals surface area (Å²) in [5.74, 6) is -1.25. The van der Waals surface area contributed by atoms with E-state index in [9.17, 15) is 14.0 Å². The van der Waals surface area contributed by atoms with Gasteiger partial charge in [0.25, 0.3) is 0 Å². The van der Waals surface area contributed by atoms with E-state index in [-0.39, 0.29) is 23.6 Å². The van der Waals surface area contributed by atoms with E-state index in [1.54, 1.807) is 0 Å². The van der Waals surface area contributed by atoms with Gasteiger partial charge in [0.1, 0.15) is 6.61 Å². The number of nitrogens with one attached hydrogen (secondary N) is 1. The number of Topliss-reactive ketones (excluding diaryl/α,β-unsaturated/α-hetero) is 1. The Morgan fingerprint density at radius 2 is 1.92 bits per heavy atom. The Bertz CT molecular complexity index is 765. The molecule has 0 radical (unpaired) electrons. The standard InChI is InChI=1S/C18H19FN2O4/c1-11(21-18(23)25-10-12-6-4-3-5-7-12)17(22)13-8-16(24-2)14(19)9-15(13)20/h3-9,11H,10,20H2,1-2H3,(H,21,23)/t11-/m0/s1. The topological polar surface area (TPSA) is 90.6 Å². The van der Waals surface area contributed by atoms with Crippen LogP contribution in [0.2, 0.25) is 0 Å².